The van der Waals surface area contributed by atoms with Crippen molar-refractivity contribution in [2.75, 3.05) is 17.3 Å². The summed E-state index contributed by atoms with van der Waals surface area (Å²) in [6.45, 7) is 0. The summed E-state index contributed by atoms with van der Waals surface area (Å²) in [7, 11) is 1.82. The smallest absolute Gasteiger partial charge is 0.162 e. The van der Waals surface area contributed by atoms with Gasteiger partial charge in [0.05, 0.1) is 21.4 Å². The van der Waals surface area contributed by atoms with E-state index in [4.69, 9.17) is 23.2 Å². The highest BCUT2D eigenvalue weighted by Gasteiger charge is 2.25. The van der Waals surface area contributed by atoms with Gasteiger partial charge in [0, 0.05) is 7.05 Å². The van der Waals surface area contributed by atoms with Gasteiger partial charge >= 0.3 is 0 Å². The number of benzene rings is 1. The predicted octanol–water partition coefficient (Wildman–Crippen LogP) is 2.38. The number of nitrogens with one attached hydrogen (secondary N) is 1. The molecule has 2 rings (SSSR count). The Balaban J connectivity index is 2.49. The number of hydrogen-bond donors (Lipinski definition) is 1. The van der Waals surface area contributed by atoms with Gasteiger partial charge in [-0.25, -0.2) is 0 Å². The lowest BCUT2D eigenvalue weighted by molar-refractivity contribution is -0.108. The van der Waals surface area contributed by atoms with E-state index in [1.807, 2.05) is 11.9 Å². The van der Waals surface area contributed by atoms with Crippen LogP contribution in [0.5, 0.6) is 0 Å². The molecule has 0 radical (unpaired) electrons. The standard InChI is InChI=1S/C9H8Cl2N2O/c1-13-8-3-6(11)5(10)2-7(8)12-9(13)4-14/h2-4,9,12H,1H3. The van der Waals surface area contributed by atoms with Crippen LogP contribution in [0.1, 0.15) is 0 Å². The monoisotopic (exact) mass is 230 g/mol. The van der Waals surface area contributed by atoms with Gasteiger partial charge in [0.15, 0.2) is 12.5 Å². The maximum absolute atomic E-state index is 10.7. The van der Waals surface area contributed by atoms with Gasteiger partial charge in [0.25, 0.3) is 0 Å². The number of carbonyl (C=O) groups excluding carboxylic acids is 1. The Morgan fingerprint density at radius 3 is 2.71 bits per heavy atom. The number of rotatable bonds is 1. The average Bonchev–Trinajstić information content (AvgIpc) is 2.45. The summed E-state index contributed by atoms with van der Waals surface area (Å²) >= 11 is 11.7. The number of carbonyl (C=O) groups is 1. The quantitative estimate of drug-likeness (QED) is 0.753. The molecule has 1 unspecified atom stereocenters. The first-order valence-electron chi connectivity index (χ1n) is 4.07. The molecule has 1 aliphatic rings. The van der Waals surface area contributed by atoms with Crippen LogP contribution in [-0.4, -0.2) is 19.5 Å². The van der Waals surface area contributed by atoms with Gasteiger partial charge < -0.3 is 10.2 Å². The number of hydrogen-bond acceptors (Lipinski definition) is 3. The highest BCUT2D eigenvalue weighted by Crippen LogP contribution is 2.38. The molecule has 5 heteroatoms. The first kappa shape index (κ1) is 9.62. The molecule has 0 bridgehead atoms. The Kier molecular flexibility index (Phi) is 2.29. The Hall–Kier alpha value is -0.930. The summed E-state index contributed by atoms with van der Waals surface area (Å²) in [4.78, 5) is 12.5. The van der Waals surface area contributed by atoms with Crippen molar-refractivity contribution in [2.24, 2.45) is 0 Å². The molecule has 1 aliphatic heterocycles. The third kappa shape index (κ3) is 1.33. The van der Waals surface area contributed by atoms with Crippen molar-refractivity contribution in [1.29, 1.82) is 0 Å². The van der Waals surface area contributed by atoms with Crippen LogP contribution in [-0.2, 0) is 4.79 Å². The molecular weight excluding hydrogens is 223 g/mol. The highest BCUT2D eigenvalue weighted by molar-refractivity contribution is 6.42. The second kappa shape index (κ2) is 3.33. The van der Waals surface area contributed by atoms with Crippen molar-refractivity contribution in [3.63, 3.8) is 0 Å². The normalized spacial score (nSPS) is 19.1. The van der Waals surface area contributed by atoms with E-state index in [1.54, 1.807) is 12.1 Å². The molecule has 1 aromatic carbocycles. The average molecular weight is 231 g/mol. The highest BCUT2D eigenvalue weighted by atomic mass is 35.5. The van der Waals surface area contributed by atoms with Gasteiger partial charge in [-0.3, -0.25) is 4.79 Å². The van der Waals surface area contributed by atoms with E-state index >= 15 is 0 Å². The number of nitrogens with zero attached hydrogens (tertiary/aromatic N) is 1. The summed E-state index contributed by atoms with van der Waals surface area (Å²) in [5, 5.41) is 3.99. The van der Waals surface area contributed by atoms with E-state index in [0.29, 0.717) is 10.0 Å². The molecule has 0 amide bonds. The molecule has 0 fully saturated rings. The minimum absolute atomic E-state index is 0.334. The fourth-order valence-corrected chi connectivity index (χ4v) is 1.80. The van der Waals surface area contributed by atoms with E-state index in [-0.39, 0.29) is 6.17 Å². The predicted molar refractivity (Wildman–Crippen MR) is 58.3 cm³/mol. The maximum Gasteiger partial charge on any atom is 0.162 e. The molecule has 74 valence electrons. The largest absolute Gasteiger partial charge is 0.358 e. The molecule has 1 heterocycles. The molecule has 0 aliphatic carbocycles. The van der Waals surface area contributed by atoms with Crippen molar-refractivity contribution >= 4 is 40.9 Å². The topological polar surface area (TPSA) is 32.3 Å². The SMILES string of the molecule is CN1c2cc(Cl)c(Cl)cc2NC1C=O. The summed E-state index contributed by atoms with van der Waals surface area (Å²) in [5.41, 5.74) is 1.72. The van der Waals surface area contributed by atoms with Crippen molar-refractivity contribution < 1.29 is 4.79 Å². The van der Waals surface area contributed by atoms with Gasteiger partial charge in [-0.1, -0.05) is 23.2 Å². The lowest BCUT2D eigenvalue weighted by Gasteiger charge is -2.15. The Morgan fingerprint density at radius 1 is 1.43 bits per heavy atom. The van der Waals surface area contributed by atoms with Gasteiger partial charge in [0.1, 0.15) is 0 Å². The number of fused-ring (bicyclic) bond motifs is 1. The zero-order valence-electron chi connectivity index (χ0n) is 7.42. The maximum atomic E-state index is 10.7. The molecule has 3 nitrogen and oxygen atoms in total. The molecule has 1 atom stereocenters. The van der Waals surface area contributed by atoms with E-state index in [1.165, 1.54) is 0 Å². The number of aldehydes is 1. The Labute approximate surface area is 91.6 Å². The molecule has 1 N–H and O–H groups in total. The van der Waals surface area contributed by atoms with E-state index in [2.05, 4.69) is 5.32 Å². The van der Waals surface area contributed by atoms with Gasteiger partial charge in [-0.15, -0.1) is 0 Å². The van der Waals surface area contributed by atoms with Crippen molar-refractivity contribution in [3.05, 3.63) is 22.2 Å². The molecule has 0 saturated carbocycles. The van der Waals surface area contributed by atoms with Gasteiger partial charge in [-0.05, 0) is 12.1 Å². The summed E-state index contributed by atoms with van der Waals surface area (Å²) in [5.74, 6) is 0. The Bertz CT molecular complexity index is 395. The second-order valence-corrected chi connectivity index (χ2v) is 3.93. The number of likely N-dealkylation sites (N-methyl/N-ethyl adjacent to an activating group) is 1. The van der Waals surface area contributed by atoms with Gasteiger partial charge in [0.2, 0.25) is 0 Å². The summed E-state index contributed by atoms with van der Waals surface area (Å²) in [6, 6.07) is 3.47. The van der Waals surface area contributed by atoms with Crippen LogP contribution in [0.3, 0.4) is 0 Å². The summed E-state index contributed by atoms with van der Waals surface area (Å²) < 4.78 is 0. The zero-order chi connectivity index (χ0) is 10.3. The van der Waals surface area contributed by atoms with E-state index < -0.39 is 0 Å². The first-order valence-corrected chi connectivity index (χ1v) is 4.83. The van der Waals surface area contributed by atoms with E-state index in [0.717, 1.165) is 17.7 Å². The molecule has 1 aromatic rings. The second-order valence-electron chi connectivity index (χ2n) is 3.12. The van der Waals surface area contributed by atoms with Crippen molar-refractivity contribution in [1.82, 2.24) is 0 Å². The molecule has 0 saturated heterocycles. The van der Waals surface area contributed by atoms with Crippen LogP contribution in [0.25, 0.3) is 0 Å². The van der Waals surface area contributed by atoms with Crippen LogP contribution in [0, 0.1) is 0 Å². The van der Waals surface area contributed by atoms with Crippen LogP contribution < -0.4 is 10.2 Å². The first-order chi connectivity index (χ1) is 6.63. The number of anilines is 2. The molecule has 14 heavy (non-hydrogen) atoms. The van der Waals surface area contributed by atoms with Crippen LogP contribution in [0.2, 0.25) is 10.0 Å². The fraction of sp³-hybridized carbons (Fsp3) is 0.222. The van der Waals surface area contributed by atoms with Crippen molar-refractivity contribution in [3.8, 4) is 0 Å². The zero-order valence-corrected chi connectivity index (χ0v) is 8.93. The minimum atomic E-state index is -0.334. The lowest BCUT2D eigenvalue weighted by atomic mass is 10.3. The molecular formula is C9H8Cl2N2O. The van der Waals surface area contributed by atoms with Gasteiger partial charge in [-0.2, -0.15) is 0 Å². The Morgan fingerprint density at radius 2 is 2.07 bits per heavy atom. The van der Waals surface area contributed by atoms with Crippen LogP contribution in [0.4, 0.5) is 11.4 Å². The van der Waals surface area contributed by atoms with Crippen LogP contribution in [0.15, 0.2) is 12.1 Å². The minimum Gasteiger partial charge on any atom is -0.358 e. The van der Waals surface area contributed by atoms with Crippen molar-refractivity contribution in [2.45, 2.75) is 6.17 Å². The third-order valence-corrected chi connectivity index (χ3v) is 2.99. The molecule has 0 spiro atoms. The van der Waals surface area contributed by atoms with E-state index in [9.17, 15) is 4.79 Å². The lowest BCUT2D eigenvalue weighted by Crippen LogP contribution is -2.33. The molecule has 0 aromatic heterocycles. The fourth-order valence-electron chi connectivity index (χ4n) is 1.48. The van der Waals surface area contributed by atoms with Crippen LogP contribution >= 0.6 is 23.2 Å². The third-order valence-electron chi connectivity index (χ3n) is 2.27. The summed E-state index contributed by atoms with van der Waals surface area (Å²) in [6.07, 6.45) is 0.501. The number of halogens is 2.